The minimum absolute atomic E-state index is 0.730. The first-order valence-corrected chi connectivity index (χ1v) is 7.03. The number of nitrogens with one attached hydrogen (secondary N) is 2. The number of benzene rings is 2. The molecule has 0 aromatic heterocycles. The molecule has 2 N–H and O–H groups in total. The zero-order valence-electron chi connectivity index (χ0n) is 12.5. The standard InChI is InChI=1S/C13H14N2.2C2H6/c1-3-7-12(8-4-1)14-11-15-13-9-5-2-6-10-13;2*1-2/h1-10,14-15H,11H2;2*1-2H3. The molecular formula is C17H26N2. The summed E-state index contributed by atoms with van der Waals surface area (Å²) in [5, 5.41) is 6.56. The van der Waals surface area contributed by atoms with E-state index in [-0.39, 0.29) is 0 Å². The third-order valence-electron chi connectivity index (χ3n) is 2.13. The van der Waals surface area contributed by atoms with Gasteiger partial charge in [0.2, 0.25) is 0 Å². The molecule has 0 heterocycles. The van der Waals surface area contributed by atoms with Gasteiger partial charge in [0.15, 0.2) is 0 Å². The van der Waals surface area contributed by atoms with Crippen molar-refractivity contribution in [2.24, 2.45) is 0 Å². The predicted octanol–water partition coefficient (Wildman–Crippen LogP) is 5.22. The minimum Gasteiger partial charge on any atom is -0.368 e. The molecule has 0 unspecified atom stereocenters. The van der Waals surface area contributed by atoms with Crippen molar-refractivity contribution >= 4 is 11.4 Å². The molecule has 0 saturated heterocycles. The maximum absolute atomic E-state index is 3.28. The number of hydrogen-bond acceptors (Lipinski definition) is 2. The van der Waals surface area contributed by atoms with E-state index < -0.39 is 0 Å². The van der Waals surface area contributed by atoms with Crippen LogP contribution in [0.3, 0.4) is 0 Å². The van der Waals surface area contributed by atoms with Crippen molar-refractivity contribution in [3.63, 3.8) is 0 Å². The van der Waals surface area contributed by atoms with Crippen LogP contribution in [0.5, 0.6) is 0 Å². The summed E-state index contributed by atoms with van der Waals surface area (Å²) < 4.78 is 0. The molecule has 2 aromatic rings. The van der Waals surface area contributed by atoms with E-state index >= 15 is 0 Å². The summed E-state index contributed by atoms with van der Waals surface area (Å²) in [5.74, 6) is 0. The Labute approximate surface area is 117 Å². The average Bonchev–Trinajstić information content (AvgIpc) is 2.53. The van der Waals surface area contributed by atoms with E-state index in [9.17, 15) is 0 Å². The second kappa shape index (κ2) is 12.5. The maximum atomic E-state index is 3.28. The van der Waals surface area contributed by atoms with Gasteiger partial charge in [0.05, 0.1) is 6.67 Å². The smallest absolute Gasteiger partial charge is 0.0849 e. The van der Waals surface area contributed by atoms with Gasteiger partial charge in [0, 0.05) is 11.4 Å². The van der Waals surface area contributed by atoms with Crippen molar-refractivity contribution in [3.05, 3.63) is 60.7 Å². The lowest BCUT2D eigenvalue weighted by Gasteiger charge is -2.08. The highest BCUT2D eigenvalue weighted by molar-refractivity contribution is 5.46. The van der Waals surface area contributed by atoms with E-state index in [0.29, 0.717) is 0 Å². The molecule has 0 aliphatic rings. The molecule has 0 aliphatic carbocycles. The van der Waals surface area contributed by atoms with Crippen LogP contribution in [0.2, 0.25) is 0 Å². The van der Waals surface area contributed by atoms with Gasteiger partial charge in [-0.2, -0.15) is 0 Å². The van der Waals surface area contributed by atoms with Crippen LogP contribution in [0, 0.1) is 0 Å². The number of anilines is 2. The Bertz CT molecular complexity index is 345. The fraction of sp³-hybridized carbons (Fsp3) is 0.294. The zero-order valence-corrected chi connectivity index (χ0v) is 12.5. The minimum atomic E-state index is 0.730. The van der Waals surface area contributed by atoms with Gasteiger partial charge in [0.1, 0.15) is 0 Å². The summed E-state index contributed by atoms with van der Waals surface area (Å²) in [6, 6.07) is 20.3. The quantitative estimate of drug-likeness (QED) is 0.735. The van der Waals surface area contributed by atoms with E-state index in [1.165, 1.54) is 0 Å². The van der Waals surface area contributed by atoms with E-state index in [1.54, 1.807) is 0 Å². The van der Waals surface area contributed by atoms with Crippen molar-refractivity contribution in [1.29, 1.82) is 0 Å². The summed E-state index contributed by atoms with van der Waals surface area (Å²) in [5.41, 5.74) is 2.25. The zero-order chi connectivity index (χ0) is 14.3. The van der Waals surface area contributed by atoms with Gasteiger partial charge in [-0.3, -0.25) is 0 Å². The van der Waals surface area contributed by atoms with Crippen molar-refractivity contribution in [2.45, 2.75) is 27.7 Å². The highest BCUT2D eigenvalue weighted by Crippen LogP contribution is 2.06. The van der Waals surface area contributed by atoms with Crippen LogP contribution in [0.15, 0.2) is 60.7 Å². The molecule has 19 heavy (non-hydrogen) atoms. The molecule has 0 saturated carbocycles. The van der Waals surface area contributed by atoms with Crippen molar-refractivity contribution < 1.29 is 0 Å². The molecule has 104 valence electrons. The van der Waals surface area contributed by atoms with Crippen LogP contribution in [0.1, 0.15) is 27.7 Å². The van der Waals surface area contributed by atoms with Gasteiger partial charge in [-0.1, -0.05) is 64.1 Å². The normalized spacial score (nSPS) is 8.21. The van der Waals surface area contributed by atoms with Crippen LogP contribution in [0.4, 0.5) is 11.4 Å². The largest absolute Gasteiger partial charge is 0.368 e. The molecule has 0 aliphatic heterocycles. The third kappa shape index (κ3) is 7.87. The van der Waals surface area contributed by atoms with E-state index in [0.717, 1.165) is 18.0 Å². The van der Waals surface area contributed by atoms with Gasteiger partial charge in [0.25, 0.3) is 0 Å². The van der Waals surface area contributed by atoms with Crippen LogP contribution in [-0.2, 0) is 0 Å². The van der Waals surface area contributed by atoms with Crippen molar-refractivity contribution in [3.8, 4) is 0 Å². The van der Waals surface area contributed by atoms with Gasteiger partial charge in [-0.25, -0.2) is 0 Å². The molecule has 0 spiro atoms. The summed E-state index contributed by atoms with van der Waals surface area (Å²) in [4.78, 5) is 0. The Hall–Kier alpha value is -1.96. The van der Waals surface area contributed by atoms with Gasteiger partial charge in [-0.15, -0.1) is 0 Å². The van der Waals surface area contributed by atoms with E-state index in [2.05, 4.69) is 10.6 Å². The predicted molar refractivity (Wildman–Crippen MR) is 87.7 cm³/mol. The molecule has 2 heteroatoms. The number of para-hydroxylation sites is 2. The molecular weight excluding hydrogens is 232 g/mol. The molecule has 0 atom stereocenters. The molecule has 2 aromatic carbocycles. The fourth-order valence-electron chi connectivity index (χ4n) is 1.36. The first-order valence-electron chi connectivity index (χ1n) is 7.03. The molecule has 0 radical (unpaired) electrons. The second-order valence-corrected chi connectivity index (χ2v) is 3.26. The van der Waals surface area contributed by atoms with Crippen LogP contribution < -0.4 is 10.6 Å². The summed E-state index contributed by atoms with van der Waals surface area (Å²) in [7, 11) is 0. The Balaban J connectivity index is 0.000000741. The van der Waals surface area contributed by atoms with Crippen LogP contribution >= 0.6 is 0 Å². The molecule has 2 nitrogen and oxygen atoms in total. The van der Waals surface area contributed by atoms with Crippen molar-refractivity contribution in [2.75, 3.05) is 17.3 Å². The van der Waals surface area contributed by atoms with Gasteiger partial charge < -0.3 is 10.6 Å². The van der Waals surface area contributed by atoms with Crippen molar-refractivity contribution in [1.82, 2.24) is 0 Å². The Morgan fingerprint density at radius 3 is 1.21 bits per heavy atom. The second-order valence-electron chi connectivity index (χ2n) is 3.26. The van der Waals surface area contributed by atoms with E-state index in [1.807, 2.05) is 88.4 Å². The summed E-state index contributed by atoms with van der Waals surface area (Å²) in [6.07, 6.45) is 0. The maximum Gasteiger partial charge on any atom is 0.0849 e. The highest BCUT2D eigenvalue weighted by Gasteiger charge is 1.89. The van der Waals surface area contributed by atoms with Crippen LogP contribution in [0.25, 0.3) is 0 Å². The lowest BCUT2D eigenvalue weighted by Crippen LogP contribution is -2.11. The lowest BCUT2D eigenvalue weighted by atomic mass is 10.3. The average molecular weight is 258 g/mol. The third-order valence-corrected chi connectivity index (χ3v) is 2.13. The Kier molecular flexibility index (Phi) is 11.2. The molecule has 0 bridgehead atoms. The molecule has 0 amide bonds. The van der Waals surface area contributed by atoms with E-state index in [4.69, 9.17) is 0 Å². The lowest BCUT2D eigenvalue weighted by molar-refractivity contribution is 1.22. The van der Waals surface area contributed by atoms with Gasteiger partial charge >= 0.3 is 0 Å². The van der Waals surface area contributed by atoms with Crippen LogP contribution in [-0.4, -0.2) is 6.67 Å². The van der Waals surface area contributed by atoms with Gasteiger partial charge in [-0.05, 0) is 24.3 Å². The number of rotatable bonds is 4. The summed E-state index contributed by atoms with van der Waals surface area (Å²) in [6.45, 7) is 8.73. The molecule has 0 fully saturated rings. The highest BCUT2D eigenvalue weighted by atomic mass is 15.1. The number of hydrogen-bond donors (Lipinski definition) is 2. The SMILES string of the molecule is CC.CC.c1ccc(NCNc2ccccc2)cc1. The summed E-state index contributed by atoms with van der Waals surface area (Å²) >= 11 is 0. The Morgan fingerprint density at radius 2 is 0.895 bits per heavy atom. The Morgan fingerprint density at radius 1 is 0.579 bits per heavy atom. The topological polar surface area (TPSA) is 24.1 Å². The first-order chi connectivity index (χ1) is 9.45. The monoisotopic (exact) mass is 258 g/mol. The first kappa shape index (κ1) is 17.0. The molecule has 2 rings (SSSR count). The fourth-order valence-corrected chi connectivity index (χ4v) is 1.36.